The Balaban J connectivity index is 1.89. The normalized spacial score (nSPS) is 18.8. The Kier molecular flexibility index (Phi) is 5.34. The topological polar surface area (TPSA) is 20.2 Å². The van der Waals surface area contributed by atoms with Crippen LogP contribution in [-0.4, -0.2) is 22.7 Å². The van der Waals surface area contributed by atoms with Crippen LogP contribution in [0.5, 0.6) is 0 Å². The number of aliphatic hydroxyl groups is 1. The van der Waals surface area contributed by atoms with Crippen LogP contribution in [0, 0.1) is 11.7 Å². The smallest absolute Gasteiger partial charge is 0.123 e. The highest BCUT2D eigenvalue weighted by Gasteiger charge is 2.18. The van der Waals surface area contributed by atoms with Gasteiger partial charge in [0, 0.05) is 5.02 Å². The lowest BCUT2D eigenvalue weighted by molar-refractivity contribution is 0.139. The largest absolute Gasteiger partial charge is 0.393 e. The summed E-state index contributed by atoms with van der Waals surface area (Å²) >= 11 is 7.98. The number of thioether (sulfide) groups is 1. The number of hydrogen-bond donors (Lipinski definition) is 1. The summed E-state index contributed by atoms with van der Waals surface area (Å²) in [6.07, 6.45) is 3.18. The number of hydrogen-bond acceptors (Lipinski definition) is 2. The quantitative estimate of drug-likeness (QED) is 0.906. The van der Waals surface area contributed by atoms with E-state index in [1.54, 1.807) is 6.07 Å². The fourth-order valence-corrected chi connectivity index (χ4v) is 3.80. The highest BCUT2D eigenvalue weighted by molar-refractivity contribution is 7.99. The van der Waals surface area contributed by atoms with E-state index < -0.39 is 6.10 Å². The molecule has 1 saturated heterocycles. The first kappa shape index (κ1) is 14.2. The molecule has 0 radical (unpaired) electrons. The molecule has 0 spiro atoms. The molecule has 1 aliphatic heterocycles. The van der Waals surface area contributed by atoms with Crippen LogP contribution in [0.3, 0.4) is 0 Å². The SMILES string of the molecule is OC(Cc1cc(F)ccc1Cl)CC1CCSCC1. The standard InChI is InChI=1S/C14H18ClFOS/c15-14-2-1-12(16)8-11(14)9-13(17)7-10-3-5-18-6-4-10/h1-2,8,10,13,17H,3-7,9H2. The van der Waals surface area contributed by atoms with E-state index in [4.69, 9.17) is 11.6 Å². The van der Waals surface area contributed by atoms with E-state index in [2.05, 4.69) is 0 Å². The Bertz CT molecular complexity index is 393. The van der Waals surface area contributed by atoms with Crippen LogP contribution in [0.1, 0.15) is 24.8 Å². The van der Waals surface area contributed by atoms with Crippen LogP contribution >= 0.6 is 23.4 Å². The maximum absolute atomic E-state index is 13.1. The first-order chi connectivity index (χ1) is 8.65. The molecule has 1 aromatic rings. The third-order valence-corrected chi connectivity index (χ3v) is 4.83. The molecule has 0 saturated carbocycles. The number of rotatable bonds is 4. The molecule has 1 fully saturated rings. The first-order valence-electron chi connectivity index (χ1n) is 6.35. The zero-order valence-electron chi connectivity index (χ0n) is 10.2. The Labute approximate surface area is 117 Å². The van der Waals surface area contributed by atoms with Crippen molar-refractivity contribution in [1.82, 2.24) is 0 Å². The second kappa shape index (κ2) is 6.78. The van der Waals surface area contributed by atoms with Gasteiger partial charge in [-0.2, -0.15) is 11.8 Å². The number of halogens is 2. The van der Waals surface area contributed by atoms with Crippen molar-refractivity contribution < 1.29 is 9.50 Å². The van der Waals surface area contributed by atoms with Gasteiger partial charge in [-0.15, -0.1) is 0 Å². The molecule has 1 nitrogen and oxygen atoms in total. The van der Waals surface area contributed by atoms with Gasteiger partial charge in [0.1, 0.15) is 5.82 Å². The molecule has 1 N–H and O–H groups in total. The van der Waals surface area contributed by atoms with Gasteiger partial charge in [0.25, 0.3) is 0 Å². The van der Waals surface area contributed by atoms with E-state index in [-0.39, 0.29) is 5.82 Å². The summed E-state index contributed by atoms with van der Waals surface area (Å²) in [7, 11) is 0. The van der Waals surface area contributed by atoms with Crippen LogP contribution < -0.4 is 0 Å². The zero-order chi connectivity index (χ0) is 13.0. The van der Waals surface area contributed by atoms with Gasteiger partial charge in [0.2, 0.25) is 0 Å². The fraction of sp³-hybridized carbons (Fsp3) is 0.571. The average molecular weight is 289 g/mol. The first-order valence-corrected chi connectivity index (χ1v) is 7.88. The Morgan fingerprint density at radius 3 is 2.83 bits per heavy atom. The van der Waals surface area contributed by atoms with E-state index in [0.29, 0.717) is 22.9 Å². The average Bonchev–Trinajstić information content (AvgIpc) is 2.35. The molecule has 1 aliphatic rings. The molecule has 0 amide bonds. The summed E-state index contributed by atoms with van der Waals surface area (Å²) in [6, 6.07) is 4.31. The predicted molar refractivity (Wildman–Crippen MR) is 75.8 cm³/mol. The molecule has 1 unspecified atom stereocenters. The van der Waals surface area contributed by atoms with E-state index in [1.165, 1.54) is 36.5 Å². The molecule has 2 rings (SSSR count). The van der Waals surface area contributed by atoms with Gasteiger partial charge in [0.05, 0.1) is 6.10 Å². The van der Waals surface area contributed by atoms with Crippen LogP contribution in [0.4, 0.5) is 4.39 Å². The lowest BCUT2D eigenvalue weighted by Gasteiger charge is -2.24. The monoisotopic (exact) mass is 288 g/mol. The highest BCUT2D eigenvalue weighted by atomic mass is 35.5. The minimum Gasteiger partial charge on any atom is -0.393 e. The van der Waals surface area contributed by atoms with E-state index in [1.807, 2.05) is 11.8 Å². The van der Waals surface area contributed by atoms with E-state index in [0.717, 1.165) is 6.42 Å². The zero-order valence-corrected chi connectivity index (χ0v) is 11.8. The van der Waals surface area contributed by atoms with Crippen molar-refractivity contribution in [3.8, 4) is 0 Å². The summed E-state index contributed by atoms with van der Waals surface area (Å²) in [4.78, 5) is 0. The minimum atomic E-state index is -0.419. The van der Waals surface area contributed by atoms with Crippen molar-refractivity contribution in [1.29, 1.82) is 0 Å². The number of benzene rings is 1. The molecule has 0 aromatic heterocycles. The van der Waals surface area contributed by atoms with Crippen molar-refractivity contribution in [3.63, 3.8) is 0 Å². The molecule has 1 aromatic carbocycles. The minimum absolute atomic E-state index is 0.296. The lowest BCUT2D eigenvalue weighted by Crippen LogP contribution is -2.19. The van der Waals surface area contributed by atoms with Crippen molar-refractivity contribution in [2.24, 2.45) is 5.92 Å². The molecular formula is C14H18ClFOS. The summed E-state index contributed by atoms with van der Waals surface area (Å²) in [5.41, 5.74) is 0.703. The van der Waals surface area contributed by atoms with Crippen LogP contribution in [-0.2, 0) is 6.42 Å². The Morgan fingerprint density at radius 1 is 1.39 bits per heavy atom. The maximum Gasteiger partial charge on any atom is 0.123 e. The van der Waals surface area contributed by atoms with E-state index >= 15 is 0 Å². The molecule has 1 heterocycles. The van der Waals surface area contributed by atoms with Gasteiger partial charge in [-0.05, 0) is 66.9 Å². The predicted octanol–water partition coefficient (Wildman–Crippen LogP) is 3.92. The molecule has 4 heteroatoms. The number of aliphatic hydroxyl groups excluding tert-OH is 1. The molecule has 0 bridgehead atoms. The second-order valence-corrected chi connectivity index (χ2v) is 6.52. The third kappa shape index (κ3) is 4.15. The summed E-state index contributed by atoms with van der Waals surface area (Å²) in [5.74, 6) is 2.69. The van der Waals surface area contributed by atoms with Crippen LogP contribution in [0.15, 0.2) is 18.2 Å². The van der Waals surface area contributed by atoms with Crippen LogP contribution in [0.25, 0.3) is 0 Å². The maximum atomic E-state index is 13.1. The van der Waals surface area contributed by atoms with Gasteiger partial charge in [-0.1, -0.05) is 11.6 Å². The van der Waals surface area contributed by atoms with Crippen molar-refractivity contribution in [2.75, 3.05) is 11.5 Å². The lowest BCUT2D eigenvalue weighted by atomic mass is 9.93. The molecule has 100 valence electrons. The fourth-order valence-electron chi connectivity index (χ4n) is 2.40. The van der Waals surface area contributed by atoms with Crippen molar-refractivity contribution in [3.05, 3.63) is 34.6 Å². The summed E-state index contributed by atoms with van der Waals surface area (Å²) in [6.45, 7) is 0. The third-order valence-electron chi connectivity index (χ3n) is 3.41. The van der Waals surface area contributed by atoms with Gasteiger partial charge < -0.3 is 5.11 Å². The van der Waals surface area contributed by atoms with Gasteiger partial charge >= 0.3 is 0 Å². The second-order valence-electron chi connectivity index (χ2n) is 4.89. The molecule has 0 aliphatic carbocycles. The molecular weight excluding hydrogens is 271 g/mol. The van der Waals surface area contributed by atoms with Gasteiger partial charge in [-0.3, -0.25) is 0 Å². The summed E-state index contributed by atoms with van der Waals surface area (Å²) < 4.78 is 13.1. The van der Waals surface area contributed by atoms with E-state index in [9.17, 15) is 9.50 Å². The van der Waals surface area contributed by atoms with Gasteiger partial charge in [-0.25, -0.2) is 4.39 Å². The van der Waals surface area contributed by atoms with Crippen molar-refractivity contribution >= 4 is 23.4 Å². The van der Waals surface area contributed by atoms with Gasteiger partial charge in [0.15, 0.2) is 0 Å². The van der Waals surface area contributed by atoms with Crippen LogP contribution in [0.2, 0.25) is 5.02 Å². The highest BCUT2D eigenvalue weighted by Crippen LogP contribution is 2.28. The molecule has 1 atom stereocenters. The molecule has 18 heavy (non-hydrogen) atoms. The summed E-state index contributed by atoms with van der Waals surface area (Å²) in [5, 5.41) is 10.6. The Hall–Kier alpha value is -0.250. The van der Waals surface area contributed by atoms with Crippen molar-refractivity contribution in [2.45, 2.75) is 31.8 Å². The Morgan fingerprint density at radius 2 is 2.11 bits per heavy atom.